The van der Waals surface area contributed by atoms with Crippen LogP contribution in [-0.4, -0.2) is 35.8 Å². The number of anilines is 1. The van der Waals surface area contributed by atoms with E-state index in [1.165, 1.54) is 35.0 Å². The van der Waals surface area contributed by atoms with Crippen molar-refractivity contribution in [2.45, 2.75) is 32.1 Å². The van der Waals surface area contributed by atoms with Gasteiger partial charge in [-0.3, -0.25) is 14.4 Å². The van der Waals surface area contributed by atoms with Crippen LogP contribution < -0.4 is 16.0 Å². The van der Waals surface area contributed by atoms with E-state index < -0.39 is 11.8 Å². The second kappa shape index (κ2) is 8.61. The van der Waals surface area contributed by atoms with E-state index in [-0.39, 0.29) is 24.8 Å². The molecule has 2 aromatic heterocycles. The first-order valence-electron chi connectivity index (χ1n) is 8.48. The quantitative estimate of drug-likeness (QED) is 0.661. The molecule has 9 heteroatoms. The first kappa shape index (κ1) is 18.1. The Labute approximate surface area is 154 Å². The van der Waals surface area contributed by atoms with Crippen molar-refractivity contribution in [2.75, 3.05) is 18.4 Å². The van der Waals surface area contributed by atoms with Crippen LogP contribution in [0.1, 0.15) is 40.4 Å². The van der Waals surface area contributed by atoms with Gasteiger partial charge < -0.3 is 20.4 Å². The van der Waals surface area contributed by atoms with Gasteiger partial charge in [0.15, 0.2) is 10.9 Å². The van der Waals surface area contributed by atoms with Gasteiger partial charge in [-0.1, -0.05) is 6.42 Å². The van der Waals surface area contributed by atoms with Gasteiger partial charge in [-0.2, -0.15) is 0 Å². The molecule has 3 N–H and O–H groups in total. The lowest BCUT2D eigenvalue weighted by Crippen LogP contribution is -2.40. The summed E-state index contributed by atoms with van der Waals surface area (Å²) in [6.07, 6.45) is 6.83. The number of fused-ring (bicyclic) bond motifs is 1. The SMILES string of the molecule is O=C(CNC(=O)c1ccco1)NCC(=O)Nc1nc2c(s1)CCCCC2. The molecule has 0 unspecified atom stereocenters. The minimum Gasteiger partial charge on any atom is -0.459 e. The molecule has 0 atom stereocenters. The number of aryl methyl sites for hydroxylation is 2. The Kier molecular flexibility index (Phi) is 6.00. The molecule has 0 aliphatic heterocycles. The fourth-order valence-electron chi connectivity index (χ4n) is 2.64. The molecular weight excluding hydrogens is 356 g/mol. The molecule has 0 radical (unpaired) electrons. The summed E-state index contributed by atoms with van der Waals surface area (Å²) in [4.78, 5) is 41.0. The number of hydrogen-bond donors (Lipinski definition) is 3. The first-order chi connectivity index (χ1) is 12.6. The summed E-state index contributed by atoms with van der Waals surface area (Å²) in [6.45, 7) is -0.419. The highest BCUT2D eigenvalue weighted by Crippen LogP contribution is 2.28. The van der Waals surface area contributed by atoms with Crippen LogP contribution in [0.4, 0.5) is 5.13 Å². The first-order valence-corrected chi connectivity index (χ1v) is 9.30. The standard InChI is InChI=1S/C17H20N4O4S/c22-14(9-19-16(24)12-6-4-8-25-12)18-10-15(23)21-17-20-11-5-2-1-3-7-13(11)26-17/h4,6,8H,1-3,5,7,9-10H2,(H,18,22)(H,19,24)(H,20,21,23). The minimum atomic E-state index is -0.487. The van der Waals surface area contributed by atoms with Gasteiger partial charge in [0.25, 0.3) is 5.91 Å². The van der Waals surface area contributed by atoms with Crippen molar-refractivity contribution in [3.8, 4) is 0 Å². The molecule has 0 bridgehead atoms. The van der Waals surface area contributed by atoms with Crippen molar-refractivity contribution < 1.29 is 18.8 Å². The number of nitrogens with one attached hydrogen (secondary N) is 3. The Bertz CT molecular complexity index is 761. The van der Waals surface area contributed by atoms with Crippen LogP contribution in [0.3, 0.4) is 0 Å². The molecule has 0 aromatic carbocycles. The summed E-state index contributed by atoms with van der Waals surface area (Å²) < 4.78 is 4.92. The van der Waals surface area contributed by atoms with Crippen molar-refractivity contribution in [2.24, 2.45) is 0 Å². The molecule has 2 aromatic rings. The number of carbonyl (C=O) groups is 3. The molecule has 26 heavy (non-hydrogen) atoms. The van der Waals surface area contributed by atoms with Gasteiger partial charge in [0.2, 0.25) is 11.8 Å². The number of rotatable bonds is 6. The Morgan fingerprint density at radius 3 is 2.69 bits per heavy atom. The number of nitrogens with zero attached hydrogens (tertiary/aromatic N) is 1. The molecule has 3 amide bonds. The summed E-state index contributed by atoms with van der Waals surface area (Å²) in [5.41, 5.74) is 1.08. The molecule has 1 aliphatic carbocycles. The average molecular weight is 376 g/mol. The zero-order valence-corrected chi connectivity index (χ0v) is 15.0. The van der Waals surface area contributed by atoms with Crippen LogP contribution in [0, 0.1) is 0 Å². The van der Waals surface area contributed by atoms with E-state index in [4.69, 9.17) is 4.42 Å². The maximum atomic E-state index is 12.0. The number of furan rings is 1. The fraction of sp³-hybridized carbons (Fsp3) is 0.412. The lowest BCUT2D eigenvalue weighted by atomic mass is 10.2. The third-order valence-corrected chi connectivity index (χ3v) is 5.02. The smallest absolute Gasteiger partial charge is 0.287 e. The van der Waals surface area contributed by atoms with E-state index in [0.717, 1.165) is 31.4 Å². The van der Waals surface area contributed by atoms with Crippen LogP contribution in [0.2, 0.25) is 0 Å². The summed E-state index contributed by atoms with van der Waals surface area (Å²) in [7, 11) is 0. The Hall–Kier alpha value is -2.68. The van der Waals surface area contributed by atoms with Gasteiger partial charge in [-0.25, -0.2) is 4.98 Å². The fourth-order valence-corrected chi connectivity index (χ4v) is 3.71. The average Bonchev–Trinajstić information content (AvgIpc) is 3.24. The van der Waals surface area contributed by atoms with Crippen molar-refractivity contribution in [3.63, 3.8) is 0 Å². The molecule has 0 saturated heterocycles. The molecule has 0 saturated carbocycles. The van der Waals surface area contributed by atoms with E-state index in [9.17, 15) is 14.4 Å². The van der Waals surface area contributed by atoms with Gasteiger partial charge in [0, 0.05) is 4.88 Å². The summed E-state index contributed by atoms with van der Waals surface area (Å²) >= 11 is 1.50. The van der Waals surface area contributed by atoms with Crippen molar-refractivity contribution >= 4 is 34.2 Å². The lowest BCUT2D eigenvalue weighted by molar-refractivity contribution is -0.123. The second-order valence-corrected chi connectivity index (χ2v) is 7.02. The maximum Gasteiger partial charge on any atom is 0.287 e. The number of hydrogen-bond acceptors (Lipinski definition) is 6. The highest BCUT2D eigenvalue weighted by Gasteiger charge is 2.16. The van der Waals surface area contributed by atoms with Gasteiger partial charge in [-0.15, -0.1) is 11.3 Å². The highest BCUT2D eigenvalue weighted by atomic mass is 32.1. The molecule has 0 fully saturated rings. The molecule has 0 spiro atoms. The zero-order chi connectivity index (χ0) is 18.4. The van der Waals surface area contributed by atoms with Crippen molar-refractivity contribution in [3.05, 3.63) is 34.7 Å². The predicted octanol–water partition coefficient (Wildman–Crippen LogP) is 1.49. The molecule has 1 aliphatic rings. The van der Waals surface area contributed by atoms with Gasteiger partial charge in [0.05, 0.1) is 25.0 Å². The molecule has 2 heterocycles. The van der Waals surface area contributed by atoms with Crippen LogP contribution in [-0.2, 0) is 22.4 Å². The minimum absolute atomic E-state index is 0.124. The monoisotopic (exact) mass is 376 g/mol. The van der Waals surface area contributed by atoms with Crippen LogP contribution in [0.5, 0.6) is 0 Å². The van der Waals surface area contributed by atoms with Crippen LogP contribution in [0.25, 0.3) is 0 Å². The summed E-state index contributed by atoms with van der Waals surface area (Å²) in [6, 6.07) is 3.08. The zero-order valence-electron chi connectivity index (χ0n) is 14.2. The van der Waals surface area contributed by atoms with Gasteiger partial charge in [0.1, 0.15) is 0 Å². The maximum absolute atomic E-state index is 12.0. The van der Waals surface area contributed by atoms with Gasteiger partial charge >= 0.3 is 0 Å². The third-order valence-electron chi connectivity index (χ3n) is 3.94. The van der Waals surface area contributed by atoms with E-state index in [1.54, 1.807) is 6.07 Å². The Morgan fingerprint density at radius 1 is 1.08 bits per heavy atom. The lowest BCUT2D eigenvalue weighted by Gasteiger charge is -2.06. The molecular formula is C17H20N4O4S. The normalized spacial score (nSPS) is 13.4. The number of carbonyl (C=O) groups excluding carboxylic acids is 3. The highest BCUT2D eigenvalue weighted by molar-refractivity contribution is 7.15. The topological polar surface area (TPSA) is 113 Å². The van der Waals surface area contributed by atoms with Crippen molar-refractivity contribution in [1.82, 2.24) is 15.6 Å². The van der Waals surface area contributed by atoms with Crippen LogP contribution >= 0.6 is 11.3 Å². The number of thiazole rings is 1. The van der Waals surface area contributed by atoms with Gasteiger partial charge in [-0.05, 0) is 37.8 Å². The van der Waals surface area contributed by atoms with Crippen molar-refractivity contribution in [1.29, 1.82) is 0 Å². The second-order valence-electron chi connectivity index (χ2n) is 5.93. The largest absolute Gasteiger partial charge is 0.459 e. The Morgan fingerprint density at radius 2 is 1.88 bits per heavy atom. The molecule has 3 rings (SSSR count). The third kappa shape index (κ3) is 4.92. The summed E-state index contributed by atoms with van der Waals surface area (Å²) in [5.74, 6) is -1.17. The molecule has 8 nitrogen and oxygen atoms in total. The number of amides is 3. The van der Waals surface area contributed by atoms with Crippen LogP contribution in [0.15, 0.2) is 22.8 Å². The Balaban J connectivity index is 1.39. The van der Waals surface area contributed by atoms with E-state index in [2.05, 4.69) is 20.9 Å². The number of aromatic nitrogens is 1. The summed E-state index contributed by atoms with van der Waals surface area (Å²) in [5, 5.41) is 8.15. The van der Waals surface area contributed by atoms with E-state index in [1.807, 2.05) is 0 Å². The van der Waals surface area contributed by atoms with E-state index >= 15 is 0 Å². The predicted molar refractivity (Wildman–Crippen MR) is 96.1 cm³/mol. The van der Waals surface area contributed by atoms with E-state index in [0.29, 0.717) is 5.13 Å². The molecule has 138 valence electrons.